The average molecular weight is 389 g/mol. The lowest BCUT2D eigenvalue weighted by Crippen LogP contribution is -2.10. The van der Waals surface area contributed by atoms with Gasteiger partial charge < -0.3 is 10.5 Å². The summed E-state index contributed by atoms with van der Waals surface area (Å²) in [6.45, 7) is 1.43. The molecule has 1 atom stereocenters. The van der Waals surface area contributed by atoms with E-state index in [1.165, 1.54) is 11.1 Å². The van der Waals surface area contributed by atoms with Gasteiger partial charge in [0, 0.05) is 9.35 Å². The summed E-state index contributed by atoms with van der Waals surface area (Å²) >= 11 is 8.66. The predicted molar refractivity (Wildman–Crippen MR) is 80.7 cm³/mol. The van der Waals surface area contributed by atoms with E-state index in [4.69, 9.17) is 10.5 Å². The second kappa shape index (κ2) is 5.06. The van der Waals surface area contributed by atoms with Gasteiger partial charge in [0.25, 0.3) is 0 Å². The third kappa shape index (κ3) is 2.30. The predicted octanol–water partition coefficient (Wildman–Crippen LogP) is 4.35. The summed E-state index contributed by atoms with van der Waals surface area (Å²) in [6.07, 6.45) is 0. The zero-order chi connectivity index (χ0) is 12.7. The van der Waals surface area contributed by atoms with E-state index in [2.05, 4.69) is 56.1 Å². The van der Waals surface area contributed by atoms with E-state index >= 15 is 0 Å². The molecular weight excluding hydrogens is 378 g/mol. The van der Waals surface area contributed by atoms with Crippen LogP contribution in [0.4, 0.5) is 0 Å². The van der Waals surface area contributed by atoms with Crippen molar-refractivity contribution in [3.63, 3.8) is 0 Å². The Kier molecular flexibility index (Phi) is 3.60. The minimum Gasteiger partial charge on any atom is -0.372 e. The van der Waals surface area contributed by atoms with Crippen molar-refractivity contribution >= 4 is 43.2 Å². The number of nitrogens with two attached hydrogens (primary N) is 1. The molecule has 0 spiro atoms. The SMILES string of the molecule is NC(c1ccc2c(c1)COC2)c1cc(Br)c(Br)s1. The molecule has 2 aromatic rings. The molecule has 0 radical (unpaired) electrons. The summed E-state index contributed by atoms with van der Waals surface area (Å²) in [6, 6.07) is 8.37. The third-order valence-electron chi connectivity index (χ3n) is 3.08. The number of halogens is 2. The van der Waals surface area contributed by atoms with Crippen LogP contribution in [0.5, 0.6) is 0 Å². The largest absolute Gasteiger partial charge is 0.372 e. The van der Waals surface area contributed by atoms with Crippen molar-refractivity contribution in [3.8, 4) is 0 Å². The molecule has 1 aliphatic rings. The van der Waals surface area contributed by atoms with E-state index in [0.29, 0.717) is 6.61 Å². The molecule has 0 amide bonds. The maximum Gasteiger partial charge on any atom is 0.0843 e. The van der Waals surface area contributed by atoms with E-state index in [1.54, 1.807) is 11.3 Å². The summed E-state index contributed by atoms with van der Waals surface area (Å²) in [4.78, 5) is 1.15. The highest BCUT2D eigenvalue weighted by atomic mass is 79.9. The second-order valence-electron chi connectivity index (χ2n) is 4.27. The minimum absolute atomic E-state index is 0.0801. The highest BCUT2D eigenvalue weighted by molar-refractivity contribution is 9.13. The molecule has 2 heterocycles. The Morgan fingerprint density at radius 1 is 1.17 bits per heavy atom. The molecule has 0 saturated heterocycles. The molecule has 3 rings (SSSR count). The second-order valence-corrected chi connectivity index (χ2v) is 7.53. The monoisotopic (exact) mass is 387 g/mol. The van der Waals surface area contributed by atoms with E-state index in [-0.39, 0.29) is 6.04 Å². The summed E-state index contributed by atoms with van der Waals surface area (Å²) < 4.78 is 7.56. The van der Waals surface area contributed by atoms with Crippen LogP contribution in [0.1, 0.15) is 27.6 Å². The molecule has 1 aromatic carbocycles. The Hall–Kier alpha value is -0.200. The standard InChI is InChI=1S/C13H11Br2NOS/c14-10-4-11(18-13(10)15)12(16)7-1-2-8-5-17-6-9(8)3-7/h1-4,12H,5-6,16H2. The molecule has 1 aliphatic heterocycles. The molecule has 0 saturated carbocycles. The van der Waals surface area contributed by atoms with Gasteiger partial charge in [-0.1, -0.05) is 18.2 Å². The molecule has 2 N–H and O–H groups in total. The number of hydrogen-bond acceptors (Lipinski definition) is 3. The molecule has 2 nitrogen and oxygen atoms in total. The first kappa shape index (κ1) is 12.8. The van der Waals surface area contributed by atoms with Gasteiger partial charge in [0.2, 0.25) is 0 Å². The van der Waals surface area contributed by atoms with Crippen molar-refractivity contribution in [3.05, 3.63) is 54.1 Å². The van der Waals surface area contributed by atoms with Gasteiger partial charge in [-0.05, 0) is 54.6 Å². The molecular formula is C13H11Br2NOS. The number of fused-ring (bicyclic) bond motifs is 1. The van der Waals surface area contributed by atoms with Crippen LogP contribution in [0.3, 0.4) is 0 Å². The Morgan fingerprint density at radius 2 is 1.94 bits per heavy atom. The zero-order valence-corrected chi connectivity index (χ0v) is 13.4. The summed E-state index contributed by atoms with van der Waals surface area (Å²) in [5.41, 5.74) is 10.00. The normalized spacial score (nSPS) is 15.7. The van der Waals surface area contributed by atoms with Crippen LogP contribution in [-0.2, 0) is 18.0 Å². The minimum atomic E-state index is -0.0801. The Bertz CT molecular complexity index is 577. The number of benzene rings is 1. The van der Waals surface area contributed by atoms with Crippen LogP contribution in [-0.4, -0.2) is 0 Å². The van der Waals surface area contributed by atoms with Gasteiger partial charge in [-0.3, -0.25) is 0 Å². The lowest BCUT2D eigenvalue weighted by atomic mass is 10.0. The smallest absolute Gasteiger partial charge is 0.0843 e. The van der Waals surface area contributed by atoms with Crippen molar-refractivity contribution in [2.75, 3.05) is 0 Å². The van der Waals surface area contributed by atoms with Gasteiger partial charge in [-0.15, -0.1) is 11.3 Å². The number of ether oxygens (including phenoxy) is 1. The summed E-state index contributed by atoms with van der Waals surface area (Å²) in [5.74, 6) is 0. The van der Waals surface area contributed by atoms with E-state index in [9.17, 15) is 0 Å². The molecule has 5 heteroatoms. The molecule has 0 bridgehead atoms. The molecule has 94 valence electrons. The highest BCUT2D eigenvalue weighted by Crippen LogP contribution is 2.37. The third-order valence-corrected chi connectivity index (χ3v) is 6.41. The first-order chi connectivity index (χ1) is 8.65. The fourth-order valence-electron chi connectivity index (χ4n) is 2.07. The van der Waals surface area contributed by atoms with E-state index in [0.717, 1.165) is 25.3 Å². The molecule has 0 fully saturated rings. The van der Waals surface area contributed by atoms with Crippen LogP contribution >= 0.6 is 43.2 Å². The van der Waals surface area contributed by atoms with Crippen LogP contribution in [0.2, 0.25) is 0 Å². The quantitative estimate of drug-likeness (QED) is 0.829. The van der Waals surface area contributed by atoms with Crippen molar-refractivity contribution in [2.45, 2.75) is 19.3 Å². The van der Waals surface area contributed by atoms with E-state index < -0.39 is 0 Å². The Labute approximate surface area is 126 Å². The lowest BCUT2D eigenvalue weighted by molar-refractivity contribution is 0.134. The van der Waals surface area contributed by atoms with Crippen LogP contribution < -0.4 is 5.73 Å². The fourth-order valence-corrected chi connectivity index (χ4v) is 4.19. The molecule has 0 aliphatic carbocycles. The van der Waals surface area contributed by atoms with Crippen LogP contribution in [0, 0.1) is 0 Å². The maximum absolute atomic E-state index is 6.32. The lowest BCUT2D eigenvalue weighted by Gasteiger charge is -2.11. The van der Waals surface area contributed by atoms with Gasteiger partial charge in [-0.2, -0.15) is 0 Å². The summed E-state index contributed by atoms with van der Waals surface area (Å²) in [7, 11) is 0. The van der Waals surface area contributed by atoms with Gasteiger partial charge in [0.05, 0.1) is 23.0 Å². The summed E-state index contributed by atoms with van der Waals surface area (Å²) in [5, 5.41) is 0. The van der Waals surface area contributed by atoms with Gasteiger partial charge in [0.15, 0.2) is 0 Å². The first-order valence-electron chi connectivity index (χ1n) is 5.55. The van der Waals surface area contributed by atoms with Gasteiger partial charge in [-0.25, -0.2) is 0 Å². The van der Waals surface area contributed by atoms with Crippen molar-refractivity contribution in [1.29, 1.82) is 0 Å². The Balaban J connectivity index is 1.94. The maximum atomic E-state index is 6.32. The van der Waals surface area contributed by atoms with Crippen molar-refractivity contribution < 1.29 is 4.74 Å². The molecule has 18 heavy (non-hydrogen) atoms. The van der Waals surface area contributed by atoms with E-state index in [1.807, 2.05) is 0 Å². The van der Waals surface area contributed by atoms with Crippen molar-refractivity contribution in [1.82, 2.24) is 0 Å². The Morgan fingerprint density at radius 3 is 2.67 bits per heavy atom. The number of hydrogen-bond donors (Lipinski definition) is 1. The molecule has 1 aromatic heterocycles. The fraction of sp³-hybridized carbons (Fsp3) is 0.231. The highest BCUT2D eigenvalue weighted by Gasteiger charge is 2.17. The van der Waals surface area contributed by atoms with Gasteiger partial charge in [0.1, 0.15) is 0 Å². The topological polar surface area (TPSA) is 35.2 Å². The average Bonchev–Trinajstić information content (AvgIpc) is 2.95. The van der Waals surface area contributed by atoms with Crippen molar-refractivity contribution in [2.24, 2.45) is 5.73 Å². The first-order valence-corrected chi connectivity index (χ1v) is 7.95. The number of thiophene rings is 1. The van der Waals surface area contributed by atoms with Gasteiger partial charge >= 0.3 is 0 Å². The molecule has 1 unspecified atom stereocenters. The van der Waals surface area contributed by atoms with Crippen LogP contribution in [0.25, 0.3) is 0 Å². The number of rotatable bonds is 2. The zero-order valence-electron chi connectivity index (χ0n) is 9.45. The van der Waals surface area contributed by atoms with Crippen LogP contribution in [0.15, 0.2) is 32.5 Å².